The molecule has 1 saturated heterocycles. The lowest BCUT2D eigenvalue weighted by Crippen LogP contribution is -2.44. The van der Waals surface area contributed by atoms with Crippen LogP contribution in [0.4, 0.5) is 5.95 Å². The number of hydrogen-bond acceptors (Lipinski definition) is 7. The molecule has 0 radical (unpaired) electrons. The highest BCUT2D eigenvalue weighted by molar-refractivity contribution is 5.92. The maximum atomic E-state index is 13.0. The molecule has 29 heavy (non-hydrogen) atoms. The molecular formula is C19H23N7O3. The Bertz CT molecular complexity index is 1110. The van der Waals surface area contributed by atoms with Gasteiger partial charge in [0.1, 0.15) is 5.75 Å². The summed E-state index contributed by atoms with van der Waals surface area (Å²) in [6, 6.07) is 6.45. The first-order valence-electron chi connectivity index (χ1n) is 9.50. The first-order chi connectivity index (χ1) is 14.0. The van der Waals surface area contributed by atoms with Gasteiger partial charge < -0.3 is 25.3 Å². The number of fused-ring (bicyclic) bond motifs is 1. The van der Waals surface area contributed by atoms with Crippen molar-refractivity contribution in [1.82, 2.24) is 24.4 Å². The second-order valence-electron chi connectivity index (χ2n) is 6.81. The molecule has 0 spiro atoms. The maximum absolute atomic E-state index is 13.0. The Morgan fingerprint density at radius 1 is 1.21 bits per heavy atom. The summed E-state index contributed by atoms with van der Waals surface area (Å²) in [6.45, 7) is 5.97. The third-order valence-electron chi connectivity index (χ3n) is 4.99. The molecule has 0 unspecified atom stereocenters. The van der Waals surface area contributed by atoms with E-state index in [9.17, 15) is 9.59 Å². The monoisotopic (exact) mass is 397 g/mol. The summed E-state index contributed by atoms with van der Waals surface area (Å²) >= 11 is 0. The predicted octanol–water partition coefficient (Wildman–Crippen LogP) is 0.451. The van der Waals surface area contributed by atoms with Gasteiger partial charge in [0.25, 0.3) is 5.56 Å². The number of primary amides is 1. The molecule has 0 atom stereocenters. The molecule has 2 aromatic heterocycles. The second kappa shape index (κ2) is 7.55. The largest absolute Gasteiger partial charge is 0.425 e. The van der Waals surface area contributed by atoms with E-state index in [1.54, 1.807) is 31.3 Å². The number of amides is 1. The third kappa shape index (κ3) is 3.42. The molecule has 1 fully saturated rings. The number of hydrogen-bond donors (Lipinski definition) is 2. The van der Waals surface area contributed by atoms with Crippen molar-refractivity contribution in [2.75, 3.05) is 31.1 Å². The quantitative estimate of drug-likeness (QED) is 0.641. The van der Waals surface area contributed by atoms with E-state index in [1.807, 2.05) is 11.5 Å². The number of aryl methyl sites for hydroxylation is 1. The summed E-state index contributed by atoms with van der Waals surface area (Å²) in [5.41, 5.74) is 6.21. The molecule has 1 aliphatic heterocycles. The zero-order chi connectivity index (χ0) is 20.5. The van der Waals surface area contributed by atoms with Gasteiger partial charge in [0.05, 0.1) is 0 Å². The van der Waals surface area contributed by atoms with Crippen molar-refractivity contribution < 1.29 is 9.53 Å². The summed E-state index contributed by atoms with van der Waals surface area (Å²) in [6.07, 6.45) is 0. The van der Waals surface area contributed by atoms with Crippen LogP contribution in [-0.2, 0) is 13.6 Å². The third-order valence-corrected chi connectivity index (χ3v) is 4.99. The minimum atomic E-state index is -0.519. The fourth-order valence-corrected chi connectivity index (χ4v) is 3.42. The number of nitrogens with zero attached hydrogens (tertiary/aromatic N) is 5. The minimum absolute atomic E-state index is 0.127. The number of benzene rings is 1. The first-order valence-corrected chi connectivity index (χ1v) is 9.50. The summed E-state index contributed by atoms with van der Waals surface area (Å²) in [5.74, 6) is 0.666. The molecule has 0 bridgehead atoms. The maximum Gasteiger partial charge on any atom is 0.306 e. The molecule has 0 saturated carbocycles. The Morgan fingerprint density at radius 2 is 1.90 bits per heavy atom. The van der Waals surface area contributed by atoms with Gasteiger partial charge in [0.15, 0.2) is 11.2 Å². The number of aromatic nitrogens is 4. The number of anilines is 1. The normalized spacial score (nSPS) is 14.3. The molecular weight excluding hydrogens is 374 g/mol. The number of ether oxygens (including phenoxy) is 1. The van der Waals surface area contributed by atoms with Crippen LogP contribution >= 0.6 is 0 Å². The lowest BCUT2D eigenvalue weighted by atomic mass is 10.2. The highest BCUT2D eigenvalue weighted by Crippen LogP contribution is 2.24. The first kappa shape index (κ1) is 18.9. The molecule has 0 aliphatic carbocycles. The van der Waals surface area contributed by atoms with Crippen LogP contribution in [0.5, 0.6) is 11.8 Å². The summed E-state index contributed by atoms with van der Waals surface area (Å²) in [4.78, 5) is 35.6. The number of nitrogens with one attached hydrogen (secondary N) is 1. The average molecular weight is 397 g/mol. The van der Waals surface area contributed by atoms with E-state index in [1.165, 1.54) is 4.57 Å². The Kier molecular flexibility index (Phi) is 4.93. The van der Waals surface area contributed by atoms with E-state index in [2.05, 4.69) is 20.2 Å². The van der Waals surface area contributed by atoms with Crippen LogP contribution in [0.15, 0.2) is 29.1 Å². The van der Waals surface area contributed by atoms with Crippen LogP contribution in [0.25, 0.3) is 11.2 Å². The van der Waals surface area contributed by atoms with Gasteiger partial charge in [-0.2, -0.15) is 9.97 Å². The summed E-state index contributed by atoms with van der Waals surface area (Å²) in [5, 5.41) is 3.31. The highest BCUT2D eigenvalue weighted by atomic mass is 16.5. The van der Waals surface area contributed by atoms with Crippen molar-refractivity contribution in [2.45, 2.75) is 13.5 Å². The molecule has 3 N–H and O–H groups in total. The Hall–Kier alpha value is -3.40. The fraction of sp³-hybridized carbons (Fsp3) is 0.368. The van der Waals surface area contributed by atoms with Gasteiger partial charge in [-0.1, -0.05) is 0 Å². The number of carbonyl (C=O) groups is 1. The van der Waals surface area contributed by atoms with E-state index >= 15 is 0 Å². The van der Waals surface area contributed by atoms with Crippen molar-refractivity contribution in [3.63, 3.8) is 0 Å². The molecule has 1 aliphatic rings. The predicted molar refractivity (Wildman–Crippen MR) is 109 cm³/mol. The lowest BCUT2D eigenvalue weighted by Gasteiger charge is -2.28. The Labute approximate surface area is 166 Å². The molecule has 4 rings (SSSR count). The van der Waals surface area contributed by atoms with Crippen LogP contribution in [-0.4, -0.2) is 51.2 Å². The number of nitrogens with two attached hydrogens (primary N) is 1. The van der Waals surface area contributed by atoms with Crippen LogP contribution < -0.4 is 26.2 Å². The van der Waals surface area contributed by atoms with Crippen molar-refractivity contribution in [1.29, 1.82) is 0 Å². The Balaban J connectivity index is 1.75. The van der Waals surface area contributed by atoms with Gasteiger partial charge in [-0.3, -0.25) is 14.2 Å². The minimum Gasteiger partial charge on any atom is -0.425 e. The standard InChI is InChI=1S/C19H23N7O3/c1-3-26-14-16(22-18(26)25-10-8-21-9-11-25)23-19(24(2)17(14)28)29-13-6-4-12(5-7-13)15(20)27/h4-7,21H,3,8-11H2,1-2H3,(H2,20,27). The van der Waals surface area contributed by atoms with Gasteiger partial charge >= 0.3 is 6.01 Å². The van der Waals surface area contributed by atoms with Crippen molar-refractivity contribution in [2.24, 2.45) is 12.8 Å². The van der Waals surface area contributed by atoms with E-state index in [0.717, 1.165) is 32.1 Å². The van der Waals surface area contributed by atoms with Crippen LogP contribution in [0, 0.1) is 0 Å². The van der Waals surface area contributed by atoms with Gasteiger partial charge in [-0.15, -0.1) is 0 Å². The van der Waals surface area contributed by atoms with Gasteiger partial charge in [-0.25, -0.2) is 0 Å². The summed E-state index contributed by atoms with van der Waals surface area (Å²) < 4.78 is 9.05. The SMILES string of the molecule is CCn1c(N2CCNCC2)nc2nc(Oc3ccc(C(N)=O)cc3)n(C)c(=O)c21. The van der Waals surface area contributed by atoms with Crippen molar-refractivity contribution >= 4 is 23.0 Å². The number of piperazine rings is 1. The smallest absolute Gasteiger partial charge is 0.306 e. The molecule has 10 heteroatoms. The van der Waals surface area contributed by atoms with Crippen LogP contribution in [0.1, 0.15) is 17.3 Å². The molecule has 3 aromatic rings. The fourth-order valence-electron chi connectivity index (χ4n) is 3.42. The topological polar surface area (TPSA) is 120 Å². The molecule has 10 nitrogen and oxygen atoms in total. The van der Waals surface area contributed by atoms with E-state index < -0.39 is 5.91 Å². The lowest BCUT2D eigenvalue weighted by molar-refractivity contribution is 0.100. The molecule has 1 aromatic carbocycles. The molecule has 1 amide bonds. The molecule has 152 valence electrons. The van der Waals surface area contributed by atoms with E-state index in [0.29, 0.717) is 29.0 Å². The second-order valence-corrected chi connectivity index (χ2v) is 6.81. The van der Waals surface area contributed by atoms with Gasteiger partial charge in [0.2, 0.25) is 11.9 Å². The highest BCUT2D eigenvalue weighted by Gasteiger charge is 2.23. The van der Waals surface area contributed by atoms with E-state index in [-0.39, 0.29) is 11.6 Å². The zero-order valence-electron chi connectivity index (χ0n) is 16.4. The zero-order valence-corrected chi connectivity index (χ0v) is 16.4. The van der Waals surface area contributed by atoms with Gasteiger partial charge in [0, 0.05) is 45.3 Å². The molecule has 3 heterocycles. The summed E-state index contributed by atoms with van der Waals surface area (Å²) in [7, 11) is 1.61. The van der Waals surface area contributed by atoms with Crippen LogP contribution in [0.2, 0.25) is 0 Å². The number of rotatable bonds is 5. The van der Waals surface area contributed by atoms with Crippen LogP contribution in [0.3, 0.4) is 0 Å². The van der Waals surface area contributed by atoms with Gasteiger partial charge in [-0.05, 0) is 31.2 Å². The number of carbonyl (C=O) groups excluding carboxylic acids is 1. The number of imidazole rings is 1. The van der Waals surface area contributed by atoms with Crippen molar-refractivity contribution in [3.8, 4) is 11.8 Å². The van der Waals surface area contributed by atoms with E-state index in [4.69, 9.17) is 10.5 Å². The Morgan fingerprint density at radius 3 is 2.52 bits per heavy atom. The van der Waals surface area contributed by atoms with Crippen molar-refractivity contribution in [3.05, 3.63) is 40.2 Å². The average Bonchev–Trinajstić information content (AvgIpc) is 3.11.